The standard InChI is InChI=1S/C19H23N3O5/c1-12(23)16-17(14-4-6-15(26-3)7-5-14)20-27-18(16)19(25)22-10-8-21(9-11-22)13(2)24/h4-7,12,23H,8-11H2,1-3H3/t12-/m0/s1. The Morgan fingerprint density at radius 2 is 1.74 bits per heavy atom. The molecule has 8 nitrogen and oxygen atoms in total. The molecule has 2 heterocycles. The molecule has 2 aromatic rings. The van der Waals surface area contributed by atoms with Crippen molar-refractivity contribution in [1.29, 1.82) is 0 Å². The number of rotatable bonds is 4. The van der Waals surface area contributed by atoms with Crippen molar-refractivity contribution >= 4 is 11.8 Å². The van der Waals surface area contributed by atoms with Gasteiger partial charge in [-0.3, -0.25) is 9.59 Å². The lowest BCUT2D eigenvalue weighted by atomic mass is 10.0. The van der Waals surface area contributed by atoms with E-state index in [4.69, 9.17) is 9.26 Å². The lowest BCUT2D eigenvalue weighted by Gasteiger charge is -2.33. The highest BCUT2D eigenvalue weighted by atomic mass is 16.5. The molecule has 1 fully saturated rings. The van der Waals surface area contributed by atoms with Gasteiger partial charge in [-0.25, -0.2) is 0 Å². The Balaban J connectivity index is 1.86. The van der Waals surface area contributed by atoms with E-state index in [1.165, 1.54) is 6.92 Å². The van der Waals surface area contributed by atoms with Crippen LogP contribution in [0.25, 0.3) is 11.3 Å². The normalized spacial score (nSPS) is 15.6. The fourth-order valence-electron chi connectivity index (χ4n) is 3.16. The van der Waals surface area contributed by atoms with Gasteiger partial charge < -0.3 is 24.2 Å². The number of piperazine rings is 1. The van der Waals surface area contributed by atoms with Crippen molar-refractivity contribution in [1.82, 2.24) is 15.0 Å². The fraction of sp³-hybridized carbons (Fsp3) is 0.421. The minimum Gasteiger partial charge on any atom is -0.497 e. The summed E-state index contributed by atoms with van der Waals surface area (Å²) in [7, 11) is 1.58. The lowest BCUT2D eigenvalue weighted by molar-refractivity contribution is -0.130. The number of amides is 2. The zero-order valence-corrected chi connectivity index (χ0v) is 15.6. The SMILES string of the molecule is COc1ccc(-c2noc(C(=O)N3CCN(C(C)=O)CC3)c2[C@H](C)O)cc1. The van der Waals surface area contributed by atoms with Crippen LogP contribution in [0.2, 0.25) is 0 Å². The van der Waals surface area contributed by atoms with E-state index in [-0.39, 0.29) is 17.6 Å². The highest BCUT2D eigenvalue weighted by Gasteiger charge is 2.31. The maximum absolute atomic E-state index is 12.9. The molecular weight excluding hydrogens is 350 g/mol. The molecule has 0 unspecified atom stereocenters. The molecule has 0 spiro atoms. The van der Waals surface area contributed by atoms with Crippen molar-refractivity contribution in [2.24, 2.45) is 0 Å². The first-order valence-corrected chi connectivity index (χ1v) is 8.79. The van der Waals surface area contributed by atoms with Gasteiger partial charge in [-0.05, 0) is 31.2 Å². The third-order valence-electron chi connectivity index (χ3n) is 4.72. The van der Waals surface area contributed by atoms with Crippen LogP contribution in [-0.2, 0) is 4.79 Å². The van der Waals surface area contributed by atoms with Crippen molar-refractivity contribution in [2.75, 3.05) is 33.3 Å². The number of aliphatic hydroxyl groups excluding tert-OH is 1. The molecule has 3 rings (SSSR count). The van der Waals surface area contributed by atoms with Crippen molar-refractivity contribution in [2.45, 2.75) is 20.0 Å². The zero-order chi connectivity index (χ0) is 19.6. The quantitative estimate of drug-likeness (QED) is 0.876. The number of nitrogens with zero attached hydrogens (tertiary/aromatic N) is 3. The number of hydrogen-bond acceptors (Lipinski definition) is 6. The number of carbonyl (C=O) groups is 2. The van der Waals surface area contributed by atoms with E-state index in [1.807, 2.05) is 0 Å². The topological polar surface area (TPSA) is 96.1 Å². The first-order chi connectivity index (χ1) is 12.9. The Kier molecular flexibility index (Phi) is 5.46. The van der Waals surface area contributed by atoms with Crippen LogP contribution in [0.4, 0.5) is 0 Å². The molecule has 0 radical (unpaired) electrons. The van der Waals surface area contributed by atoms with Gasteiger partial charge in [-0.15, -0.1) is 0 Å². The van der Waals surface area contributed by atoms with Gasteiger partial charge in [0.25, 0.3) is 5.91 Å². The summed E-state index contributed by atoms with van der Waals surface area (Å²) in [5, 5.41) is 14.3. The van der Waals surface area contributed by atoms with Crippen LogP contribution in [0.3, 0.4) is 0 Å². The summed E-state index contributed by atoms with van der Waals surface area (Å²) in [5.74, 6) is 0.391. The summed E-state index contributed by atoms with van der Waals surface area (Å²) in [4.78, 5) is 27.7. The number of methoxy groups -OCH3 is 1. The van der Waals surface area contributed by atoms with Gasteiger partial charge >= 0.3 is 0 Å². The van der Waals surface area contributed by atoms with Crippen LogP contribution in [0, 0.1) is 0 Å². The van der Waals surface area contributed by atoms with E-state index < -0.39 is 6.10 Å². The van der Waals surface area contributed by atoms with Crippen molar-refractivity contribution in [3.63, 3.8) is 0 Å². The van der Waals surface area contributed by atoms with Crippen LogP contribution in [-0.4, -0.2) is 65.2 Å². The highest BCUT2D eigenvalue weighted by Crippen LogP contribution is 2.32. The van der Waals surface area contributed by atoms with E-state index in [2.05, 4.69) is 5.16 Å². The van der Waals surface area contributed by atoms with Crippen molar-refractivity contribution < 1.29 is 24.0 Å². The first kappa shape index (κ1) is 18.9. The van der Waals surface area contributed by atoms with E-state index in [0.29, 0.717) is 43.2 Å². The Bertz CT molecular complexity index is 820. The van der Waals surface area contributed by atoms with Crippen molar-refractivity contribution in [3.05, 3.63) is 35.6 Å². The van der Waals surface area contributed by atoms with Gasteiger partial charge in [-0.2, -0.15) is 0 Å². The molecular formula is C19H23N3O5. The Labute approximate surface area is 157 Å². The minimum atomic E-state index is -0.925. The summed E-state index contributed by atoms with van der Waals surface area (Å²) in [6, 6.07) is 7.14. The molecule has 1 N–H and O–H groups in total. The number of carbonyl (C=O) groups excluding carboxylic acids is 2. The molecule has 144 valence electrons. The second-order valence-electron chi connectivity index (χ2n) is 6.48. The molecule has 8 heteroatoms. The van der Waals surface area contributed by atoms with Gasteiger partial charge in [-0.1, -0.05) is 5.16 Å². The Morgan fingerprint density at radius 1 is 1.15 bits per heavy atom. The average molecular weight is 373 g/mol. The molecule has 2 amide bonds. The van der Waals surface area contributed by atoms with Crippen LogP contribution >= 0.6 is 0 Å². The number of benzene rings is 1. The number of hydrogen-bond donors (Lipinski definition) is 1. The van der Waals surface area contributed by atoms with E-state index in [0.717, 1.165) is 5.56 Å². The average Bonchev–Trinajstić information content (AvgIpc) is 3.13. The first-order valence-electron chi connectivity index (χ1n) is 8.79. The summed E-state index contributed by atoms with van der Waals surface area (Å²) >= 11 is 0. The molecule has 1 saturated heterocycles. The summed E-state index contributed by atoms with van der Waals surface area (Å²) < 4.78 is 10.5. The summed E-state index contributed by atoms with van der Waals surface area (Å²) in [6.07, 6.45) is -0.925. The predicted molar refractivity (Wildman–Crippen MR) is 97.3 cm³/mol. The van der Waals surface area contributed by atoms with Crippen LogP contribution < -0.4 is 4.74 Å². The molecule has 1 atom stereocenters. The smallest absolute Gasteiger partial charge is 0.293 e. The van der Waals surface area contributed by atoms with Gasteiger partial charge in [0.2, 0.25) is 11.7 Å². The third-order valence-corrected chi connectivity index (χ3v) is 4.72. The van der Waals surface area contributed by atoms with Crippen LogP contribution in [0.5, 0.6) is 5.75 Å². The largest absolute Gasteiger partial charge is 0.497 e. The molecule has 27 heavy (non-hydrogen) atoms. The molecule has 1 aliphatic rings. The Hall–Kier alpha value is -2.87. The summed E-state index contributed by atoms with van der Waals surface area (Å²) in [6.45, 7) is 4.87. The minimum absolute atomic E-state index is 0.00627. The lowest BCUT2D eigenvalue weighted by Crippen LogP contribution is -2.50. The van der Waals surface area contributed by atoms with Gasteiger partial charge in [0.15, 0.2) is 0 Å². The monoisotopic (exact) mass is 373 g/mol. The zero-order valence-electron chi connectivity index (χ0n) is 15.6. The van der Waals surface area contributed by atoms with E-state index in [9.17, 15) is 14.7 Å². The van der Waals surface area contributed by atoms with Gasteiger partial charge in [0.05, 0.1) is 18.8 Å². The second kappa shape index (κ2) is 7.79. The Morgan fingerprint density at radius 3 is 2.26 bits per heavy atom. The van der Waals surface area contributed by atoms with Crippen LogP contribution in [0.1, 0.15) is 36.1 Å². The maximum atomic E-state index is 12.9. The molecule has 0 aliphatic carbocycles. The number of ether oxygens (including phenoxy) is 1. The van der Waals surface area contributed by atoms with Crippen LogP contribution in [0.15, 0.2) is 28.8 Å². The third kappa shape index (κ3) is 3.80. The number of aliphatic hydroxyl groups is 1. The predicted octanol–water partition coefficient (Wildman–Crippen LogP) is 1.71. The van der Waals surface area contributed by atoms with Gasteiger partial charge in [0.1, 0.15) is 11.4 Å². The summed E-state index contributed by atoms with van der Waals surface area (Å²) in [5.41, 5.74) is 1.51. The molecule has 1 aromatic carbocycles. The maximum Gasteiger partial charge on any atom is 0.293 e. The second-order valence-corrected chi connectivity index (χ2v) is 6.48. The molecule has 0 saturated carbocycles. The highest BCUT2D eigenvalue weighted by molar-refractivity contribution is 5.95. The molecule has 0 bridgehead atoms. The van der Waals surface area contributed by atoms with E-state index >= 15 is 0 Å². The number of aromatic nitrogens is 1. The van der Waals surface area contributed by atoms with E-state index in [1.54, 1.807) is 48.1 Å². The van der Waals surface area contributed by atoms with Crippen molar-refractivity contribution in [3.8, 4) is 17.0 Å². The molecule has 1 aliphatic heterocycles. The van der Waals surface area contributed by atoms with Gasteiger partial charge in [0, 0.05) is 38.7 Å². The molecule has 1 aromatic heterocycles. The fourth-order valence-corrected chi connectivity index (χ4v) is 3.16.